The Kier molecular flexibility index (Phi) is 4.57. The highest BCUT2D eigenvalue weighted by molar-refractivity contribution is 5.78. The summed E-state index contributed by atoms with van der Waals surface area (Å²) in [6, 6.07) is 9.02. The van der Waals surface area contributed by atoms with Crippen LogP contribution in [0.5, 0.6) is 5.75 Å². The van der Waals surface area contributed by atoms with E-state index in [0.717, 1.165) is 0 Å². The number of hydrogen-bond acceptors (Lipinski definition) is 5. The van der Waals surface area contributed by atoms with Crippen molar-refractivity contribution in [1.82, 2.24) is 9.47 Å². The van der Waals surface area contributed by atoms with Gasteiger partial charge in [0.05, 0.1) is 10.6 Å². The lowest BCUT2D eigenvalue weighted by Gasteiger charge is -2.38. The molecule has 0 aliphatic carbocycles. The van der Waals surface area contributed by atoms with Gasteiger partial charge in [-0.3, -0.25) is 24.3 Å². The van der Waals surface area contributed by atoms with E-state index in [4.69, 9.17) is 4.74 Å². The number of nitro groups is 1. The van der Waals surface area contributed by atoms with Gasteiger partial charge in [-0.15, -0.1) is 0 Å². The van der Waals surface area contributed by atoms with Crippen LogP contribution in [0.15, 0.2) is 53.0 Å². The van der Waals surface area contributed by atoms with Crippen molar-refractivity contribution in [3.63, 3.8) is 0 Å². The minimum absolute atomic E-state index is 0.110. The van der Waals surface area contributed by atoms with Crippen LogP contribution in [0.25, 0.3) is 5.70 Å². The number of aromatic nitrogens is 1. The van der Waals surface area contributed by atoms with Crippen LogP contribution in [0.3, 0.4) is 0 Å². The summed E-state index contributed by atoms with van der Waals surface area (Å²) in [6.45, 7) is 3.87. The number of fused-ring (bicyclic) bond motifs is 1. The number of amides is 1. The molecule has 1 aromatic carbocycles. The van der Waals surface area contributed by atoms with Gasteiger partial charge >= 0.3 is 0 Å². The van der Waals surface area contributed by atoms with Crippen molar-refractivity contribution in [1.29, 1.82) is 0 Å². The standard InChI is InChI=1S/C19H19N3O5/c1-19(2)15(11-20(3)12-23)18(21-9-5-4-6-17(21)24)14-10-13(22(25)26)7-8-16(14)27-19/h4-10,12H,11H2,1-3H3. The molecule has 0 radical (unpaired) electrons. The Hall–Kier alpha value is -3.42. The number of carbonyl (C=O) groups excluding carboxylic acids is 1. The first-order chi connectivity index (χ1) is 12.7. The third-order valence-electron chi connectivity index (χ3n) is 4.46. The van der Waals surface area contributed by atoms with E-state index in [2.05, 4.69) is 0 Å². The summed E-state index contributed by atoms with van der Waals surface area (Å²) in [5, 5.41) is 11.3. The van der Waals surface area contributed by atoms with Gasteiger partial charge in [0.15, 0.2) is 0 Å². The molecule has 2 heterocycles. The highest BCUT2D eigenvalue weighted by Crippen LogP contribution is 2.42. The van der Waals surface area contributed by atoms with E-state index in [1.54, 1.807) is 25.4 Å². The Labute approximate surface area is 155 Å². The molecule has 8 heteroatoms. The molecule has 2 aromatic rings. The average molecular weight is 369 g/mol. The van der Waals surface area contributed by atoms with E-state index in [0.29, 0.717) is 29.0 Å². The van der Waals surface area contributed by atoms with Crippen LogP contribution >= 0.6 is 0 Å². The Balaban J connectivity index is 2.38. The number of benzene rings is 1. The zero-order valence-electron chi connectivity index (χ0n) is 15.2. The Morgan fingerprint density at radius 2 is 2.04 bits per heavy atom. The molecule has 0 bridgehead atoms. The van der Waals surface area contributed by atoms with Gasteiger partial charge in [0.2, 0.25) is 6.41 Å². The first kappa shape index (κ1) is 18.4. The number of nitrogens with zero attached hydrogens (tertiary/aromatic N) is 3. The summed E-state index contributed by atoms with van der Waals surface area (Å²) in [7, 11) is 1.62. The highest BCUT2D eigenvalue weighted by Gasteiger charge is 2.37. The third kappa shape index (κ3) is 3.33. The molecule has 1 aromatic heterocycles. The number of hydrogen-bond donors (Lipinski definition) is 0. The van der Waals surface area contributed by atoms with Gasteiger partial charge in [-0.1, -0.05) is 6.07 Å². The summed E-state index contributed by atoms with van der Waals surface area (Å²) in [4.78, 5) is 35.9. The van der Waals surface area contributed by atoms with E-state index in [9.17, 15) is 19.7 Å². The Morgan fingerprint density at radius 3 is 2.67 bits per heavy atom. The number of rotatable bonds is 5. The molecule has 0 unspecified atom stereocenters. The Morgan fingerprint density at radius 1 is 1.30 bits per heavy atom. The summed E-state index contributed by atoms with van der Waals surface area (Å²) < 4.78 is 7.50. The van der Waals surface area contributed by atoms with Crippen LogP contribution in [0, 0.1) is 10.1 Å². The van der Waals surface area contributed by atoms with Gasteiger partial charge in [0.25, 0.3) is 11.2 Å². The van der Waals surface area contributed by atoms with Crippen molar-refractivity contribution in [2.45, 2.75) is 19.4 Å². The molecule has 0 atom stereocenters. The second kappa shape index (κ2) is 6.71. The topological polar surface area (TPSA) is 94.7 Å². The number of carbonyl (C=O) groups is 1. The molecule has 1 aliphatic heterocycles. The summed E-state index contributed by atoms with van der Waals surface area (Å²) >= 11 is 0. The maximum Gasteiger partial charge on any atom is 0.270 e. The van der Waals surface area contributed by atoms with Gasteiger partial charge in [-0.05, 0) is 26.0 Å². The van der Waals surface area contributed by atoms with Crippen molar-refractivity contribution in [2.24, 2.45) is 0 Å². The highest BCUT2D eigenvalue weighted by atomic mass is 16.6. The monoisotopic (exact) mass is 369 g/mol. The van der Waals surface area contributed by atoms with Crippen molar-refractivity contribution < 1.29 is 14.5 Å². The summed E-state index contributed by atoms with van der Waals surface area (Å²) in [5.74, 6) is 0.439. The van der Waals surface area contributed by atoms with Crippen LogP contribution < -0.4 is 10.3 Å². The quantitative estimate of drug-likeness (QED) is 0.458. The van der Waals surface area contributed by atoms with Crippen molar-refractivity contribution in [2.75, 3.05) is 13.6 Å². The molecule has 0 fully saturated rings. The maximum absolute atomic E-state index is 12.5. The third-order valence-corrected chi connectivity index (χ3v) is 4.46. The molecule has 1 aliphatic rings. The molecular formula is C19H19N3O5. The molecule has 0 saturated heterocycles. The number of pyridine rings is 1. The van der Waals surface area contributed by atoms with Crippen molar-refractivity contribution in [3.05, 3.63) is 74.2 Å². The van der Waals surface area contributed by atoms with Gasteiger partial charge in [-0.25, -0.2) is 0 Å². The SMILES string of the molecule is CN(C=O)CC1=C(n2ccccc2=O)c2cc([N+](=O)[O-])ccc2OC1(C)C. The zero-order chi connectivity index (χ0) is 19.8. The van der Waals surface area contributed by atoms with Crippen LogP contribution in [0.4, 0.5) is 5.69 Å². The van der Waals surface area contributed by atoms with Crippen LogP contribution in [0.1, 0.15) is 19.4 Å². The average Bonchev–Trinajstić information content (AvgIpc) is 2.62. The molecule has 0 saturated carbocycles. The fourth-order valence-electron chi connectivity index (χ4n) is 3.13. The fraction of sp³-hybridized carbons (Fsp3) is 0.263. The van der Waals surface area contributed by atoms with E-state index >= 15 is 0 Å². The smallest absolute Gasteiger partial charge is 0.270 e. The lowest BCUT2D eigenvalue weighted by Crippen LogP contribution is -2.41. The molecule has 27 heavy (non-hydrogen) atoms. The summed E-state index contributed by atoms with van der Waals surface area (Å²) in [5.41, 5.74) is 0.370. The molecule has 140 valence electrons. The lowest BCUT2D eigenvalue weighted by molar-refractivity contribution is -0.384. The van der Waals surface area contributed by atoms with Crippen molar-refractivity contribution >= 4 is 17.8 Å². The lowest BCUT2D eigenvalue weighted by atomic mass is 9.88. The van der Waals surface area contributed by atoms with Gasteiger partial charge in [0.1, 0.15) is 11.4 Å². The molecule has 1 amide bonds. The van der Waals surface area contributed by atoms with Crippen molar-refractivity contribution in [3.8, 4) is 5.75 Å². The minimum atomic E-state index is -0.828. The summed E-state index contributed by atoms with van der Waals surface area (Å²) in [6.07, 6.45) is 2.28. The number of non-ortho nitro benzene ring substituents is 1. The molecule has 8 nitrogen and oxygen atoms in total. The molecular weight excluding hydrogens is 350 g/mol. The van der Waals surface area contributed by atoms with Gasteiger partial charge in [0, 0.05) is 49.1 Å². The number of likely N-dealkylation sites (N-methyl/N-ethyl adjacent to an activating group) is 1. The fourth-order valence-corrected chi connectivity index (χ4v) is 3.13. The first-order valence-electron chi connectivity index (χ1n) is 8.29. The zero-order valence-corrected chi connectivity index (χ0v) is 15.2. The predicted octanol–water partition coefficient (Wildman–Crippen LogP) is 2.28. The first-order valence-corrected chi connectivity index (χ1v) is 8.29. The second-order valence-corrected chi connectivity index (χ2v) is 6.81. The van der Waals surface area contributed by atoms with Gasteiger partial charge in [-0.2, -0.15) is 0 Å². The molecule has 3 rings (SSSR count). The molecule has 0 spiro atoms. The number of nitro benzene ring substituents is 1. The van der Waals surface area contributed by atoms with Crippen LogP contribution in [0.2, 0.25) is 0 Å². The van der Waals surface area contributed by atoms with E-state index < -0.39 is 10.5 Å². The Bertz CT molecular complexity index is 1010. The van der Waals surface area contributed by atoms with Crippen LogP contribution in [-0.2, 0) is 4.79 Å². The maximum atomic E-state index is 12.5. The number of ether oxygens (including phenoxy) is 1. The minimum Gasteiger partial charge on any atom is -0.483 e. The second-order valence-electron chi connectivity index (χ2n) is 6.81. The normalized spacial score (nSPS) is 14.9. The van der Waals surface area contributed by atoms with Crippen LogP contribution in [-0.4, -0.2) is 40.0 Å². The molecule has 0 N–H and O–H groups in total. The van der Waals surface area contributed by atoms with E-state index in [-0.39, 0.29) is 17.8 Å². The van der Waals surface area contributed by atoms with E-state index in [1.807, 2.05) is 13.8 Å². The van der Waals surface area contributed by atoms with Gasteiger partial charge < -0.3 is 9.64 Å². The van der Waals surface area contributed by atoms with E-state index in [1.165, 1.54) is 33.7 Å². The largest absolute Gasteiger partial charge is 0.483 e. The predicted molar refractivity (Wildman–Crippen MR) is 99.5 cm³/mol.